The van der Waals surface area contributed by atoms with Crippen LogP contribution >= 0.6 is 0 Å². The summed E-state index contributed by atoms with van der Waals surface area (Å²) in [6.45, 7) is 4.35. The number of halogens is 2. The van der Waals surface area contributed by atoms with Crippen LogP contribution in [0.25, 0.3) is 17.0 Å². The Bertz CT molecular complexity index is 1100. The van der Waals surface area contributed by atoms with E-state index in [1.165, 1.54) is 11.0 Å². The van der Waals surface area contributed by atoms with Crippen LogP contribution in [-0.4, -0.2) is 27.4 Å². The van der Waals surface area contributed by atoms with Gasteiger partial charge in [-0.15, -0.1) is 0 Å². The zero-order chi connectivity index (χ0) is 19.3. The number of aromatic nitrogens is 1. The second-order valence-electron chi connectivity index (χ2n) is 7.41. The van der Waals surface area contributed by atoms with E-state index in [9.17, 15) is 18.7 Å². The molecule has 0 unspecified atom stereocenters. The lowest BCUT2D eigenvalue weighted by Crippen LogP contribution is -2.36. The van der Waals surface area contributed by atoms with Crippen LogP contribution in [0.5, 0.6) is 5.75 Å². The molecule has 2 N–H and O–H groups in total. The third kappa shape index (κ3) is 2.87. The molecule has 3 aromatic rings. The fraction of sp³-hybridized carbons (Fsp3) is 0.190. The molecular weight excluding hydrogens is 350 g/mol. The number of benzene rings is 2. The predicted octanol–water partition coefficient (Wildman–Crippen LogP) is 4.56. The molecule has 1 aromatic heterocycles. The molecule has 0 saturated carbocycles. The van der Waals surface area contributed by atoms with E-state index in [1.807, 2.05) is 19.9 Å². The summed E-state index contributed by atoms with van der Waals surface area (Å²) in [5.74, 6) is -2.27. The number of nitrogens with zero attached hydrogens (tertiary/aromatic N) is 1. The van der Waals surface area contributed by atoms with Crippen LogP contribution in [-0.2, 0) is 5.41 Å². The van der Waals surface area contributed by atoms with Gasteiger partial charge in [-0.1, -0.05) is 13.8 Å². The average Bonchev–Trinajstić information content (AvgIpc) is 2.92. The highest BCUT2D eigenvalue weighted by Crippen LogP contribution is 2.38. The Morgan fingerprint density at radius 2 is 1.93 bits per heavy atom. The van der Waals surface area contributed by atoms with E-state index in [4.69, 9.17) is 0 Å². The van der Waals surface area contributed by atoms with Crippen LogP contribution in [0, 0.1) is 11.6 Å². The molecule has 4 nitrogen and oxygen atoms in total. The lowest BCUT2D eigenvalue weighted by atomic mass is 9.82. The number of phenolic OH excluding ortho intramolecular Hbond substituents is 1. The molecule has 138 valence electrons. The summed E-state index contributed by atoms with van der Waals surface area (Å²) >= 11 is 0. The van der Waals surface area contributed by atoms with E-state index in [0.717, 1.165) is 34.3 Å². The molecule has 4 rings (SSSR count). The van der Waals surface area contributed by atoms with Crippen molar-refractivity contribution in [3.05, 3.63) is 71.1 Å². The van der Waals surface area contributed by atoms with Crippen LogP contribution in [0.4, 0.5) is 8.78 Å². The molecule has 2 heterocycles. The van der Waals surface area contributed by atoms with Crippen molar-refractivity contribution in [2.45, 2.75) is 19.3 Å². The second-order valence-corrected chi connectivity index (χ2v) is 7.41. The van der Waals surface area contributed by atoms with Crippen molar-refractivity contribution in [2.24, 2.45) is 0 Å². The number of carbonyl (C=O) groups is 1. The number of amides is 1. The number of hydrogen-bond acceptors (Lipinski definition) is 2. The maximum atomic E-state index is 13.5. The third-order valence-corrected chi connectivity index (χ3v) is 4.90. The van der Waals surface area contributed by atoms with Crippen molar-refractivity contribution in [3.63, 3.8) is 0 Å². The first-order chi connectivity index (χ1) is 12.8. The van der Waals surface area contributed by atoms with Gasteiger partial charge in [0.15, 0.2) is 11.6 Å². The molecule has 1 aliphatic heterocycles. The van der Waals surface area contributed by atoms with Gasteiger partial charge in [0.05, 0.1) is 0 Å². The zero-order valence-corrected chi connectivity index (χ0v) is 14.9. The first-order valence-electron chi connectivity index (χ1n) is 8.56. The van der Waals surface area contributed by atoms with Gasteiger partial charge in [0.25, 0.3) is 5.91 Å². The Morgan fingerprint density at radius 1 is 1.15 bits per heavy atom. The van der Waals surface area contributed by atoms with Crippen LogP contribution in [0.3, 0.4) is 0 Å². The van der Waals surface area contributed by atoms with Crippen molar-refractivity contribution in [1.82, 2.24) is 9.88 Å². The second kappa shape index (κ2) is 5.94. The minimum atomic E-state index is -1.05. The summed E-state index contributed by atoms with van der Waals surface area (Å²) in [7, 11) is 0. The van der Waals surface area contributed by atoms with Gasteiger partial charge in [-0.05, 0) is 48.0 Å². The number of phenols is 1. The number of H-pyrrole nitrogens is 1. The van der Waals surface area contributed by atoms with E-state index in [0.29, 0.717) is 6.54 Å². The number of hydrogen-bond donors (Lipinski definition) is 2. The molecule has 0 atom stereocenters. The topological polar surface area (TPSA) is 56.3 Å². The van der Waals surface area contributed by atoms with Crippen molar-refractivity contribution in [1.29, 1.82) is 0 Å². The lowest BCUT2D eigenvalue weighted by molar-refractivity contribution is 0.0801. The summed E-state index contributed by atoms with van der Waals surface area (Å²) < 4.78 is 26.7. The minimum absolute atomic E-state index is 0.0856. The van der Waals surface area contributed by atoms with Gasteiger partial charge in [0.2, 0.25) is 0 Å². The lowest BCUT2D eigenvalue weighted by Gasteiger charge is -2.29. The zero-order valence-electron chi connectivity index (χ0n) is 14.9. The van der Waals surface area contributed by atoms with Crippen molar-refractivity contribution >= 4 is 22.9 Å². The number of fused-ring (bicyclic) bond motifs is 3. The predicted molar refractivity (Wildman–Crippen MR) is 99.4 cm³/mol. The fourth-order valence-electron chi connectivity index (χ4n) is 3.71. The van der Waals surface area contributed by atoms with Crippen LogP contribution in [0.15, 0.2) is 42.6 Å². The Labute approximate surface area is 154 Å². The van der Waals surface area contributed by atoms with Gasteiger partial charge >= 0.3 is 0 Å². The highest BCUT2D eigenvalue weighted by atomic mass is 19.2. The van der Waals surface area contributed by atoms with Gasteiger partial charge in [0.1, 0.15) is 5.75 Å². The molecule has 0 fully saturated rings. The van der Waals surface area contributed by atoms with E-state index < -0.39 is 23.0 Å². The van der Waals surface area contributed by atoms with E-state index in [2.05, 4.69) is 4.98 Å². The Balaban J connectivity index is 1.76. The van der Waals surface area contributed by atoms with E-state index in [1.54, 1.807) is 24.4 Å². The van der Waals surface area contributed by atoms with Gasteiger partial charge < -0.3 is 15.0 Å². The highest BCUT2D eigenvalue weighted by molar-refractivity contribution is 5.96. The van der Waals surface area contributed by atoms with Gasteiger partial charge in [0, 0.05) is 40.3 Å². The molecule has 6 heteroatoms. The number of aromatic hydroxyl groups is 1. The number of carbonyl (C=O) groups excluding carboxylic acids is 1. The maximum Gasteiger partial charge on any atom is 0.257 e. The van der Waals surface area contributed by atoms with Crippen LogP contribution in [0.2, 0.25) is 0 Å². The monoisotopic (exact) mass is 368 g/mol. The number of nitrogens with one attached hydrogen (secondary N) is 1. The highest BCUT2D eigenvalue weighted by Gasteiger charge is 2.33. The normalized spacial score (nSPS) is 15.6. The van der Waals surface area contributed by atoms with Crippen LogP contribution in [0.1, 0.15) is 35.5 Å². The van der Waals surface area contributed by atoms with E-state index >= 15 is 0 Å². The largest absolute Gasteiger partial charge is 0.508 e. The summed E-state index contributed by atoms with van der Waals surface area (Å²) in [5.41, 5.74) is 2.38. The molecule has 0 radical (unpaired) electrons. The first-order valence-corrected chi connectivity index (χ1v) is 8.56. The van der Waals surface area contributed by atoms with Gasteiger partial charge in [-0.3, -0.25) is 4.79 Å². The van der Waals surface area contributed by atoms with Crippen LogP contribution < -0.4 is 0 Å². The molecule has 2 aromatic carbocycles. The fourth-order valence-corrected chi connectivity index (χ4v) is 3.71. The molecule has 0 bridgehead atoms. The molecule has 0 saturated heterocycles. The summed E-state index contributed by atoms with van der Waals surface area (Å²) in [6, 6.07) is 8.28. The van der Waals surface area contributed by atoms with Crippen molar-refractivity contribution < 1.29 is 18.7 Å². The van der Waals surface area contributed by atoms with Gasteiger partial charge in [-0.2, -0.15) is 0 Å². The Morgan fingerprint density at radius 3 is 2.67 bits per heavy atom. The van der Waals surface area contributed by atoms with E-state index in [-0.39, 0.29) is 11.3 Å². The molecule has 0 aliphatic carbocycles. The number of rotatable bonds is 1. The maximum absolute atomic E-state index is 13.5. The molecule has 0 spiro atoms. The van der Waals surface area contributed by atoms with Gasteiger partial charge in [-0.25, -0.2) is 8.78 Å². The SMILES string of the molecule is CC1(C)CN(C(=O)c2ccc(F)c(F)c2)C=Cc2[nH]c3ccc(O)cc3c21. The molecular formula is C21H18F2N2O2. The smallest absolute Gasteiger partial charge is 0.257 e. The number of aromatic amines is 1. The standard InChI is InChI=1S/C21H18F2N2O2/c1-21(2)11-25(20(27)12-3-5-15(22)16(23)9-12)8-7-18-19(21)14-10-13(26)4-6-17(14)24-18/h3-10,24,26H,11H2,1-2H3. The average molecular weight is 368 g/mol. The summed E-state index contributed by atoms with van der Waals surface area (Å²) in [5, 5.41) is 10.8. The summed E-state index contributed by atoms with van der Waals surface area (Å²) in [4.78, 5) is 17.6. The molecule has 1 amide bonds. The minimum Gasteiger partial charge on any atom is -0.508 e. The van der Waals surface area contributed by atoms with Crippen molar-refractivity contribution in [3.8, 4) is 5.75 Å². The Kier molecular flexibility index (Phi) is 3.80. The third-order valence-electron chi connectivity index (χ3n) is 4.90. The molecule has 27 heavy (non-hydrogen) atoms. The Hall–Kier alpha value is -3.15. The quantitative estimate of drug-likeness (QED) is 0.662. The van der Waals surface area contributed by atoms with Crippen molar-refractivity contribution in [2.75, 3.05) is 6.54 Å². The molecule has 1 aliphatic rings. The first kappa shape index (κ1) is 17.3. The summed E-state index contributed by atoms with van der Waals surface area (Å²) in [6.07, 6.45) is 3.44.